The van der Waals surface area contributed by atoms with E-state index in [1.807, 2.05) is 0 Å². The normalized spacial score (nSPS) is 11.9. The number of hydrogen-bond acceptors (Lipinski definition) is 1. The van der Waals surface area contributed by atoms with Crippen molar-refractivity contribution in [2.75, 3.05) is 7.11 Å². The van der Waals surface area contributed by atoms with Crippen LogP contribution in [0.15, 0.2) is 35.9 Å². The van der Waals surface area contributed by atoms with Crippen molar-refractivity contribution >= 4 is 11.6 Å². The van der Waals surface area contributed by atoms with Gasteiger partial charge in [-0.15, -0.1) is 0 Å². The minimum absolute atomic E-state index is 0.0725. The topological polar surface area (TPSA) is 9.23 Å². The molecule has 0 aromatic rings. The van der Waals surface area contributed by atoms with Gasteiger partial charge >= 0.3 is 0 Å². The summed E-state index contributed by atoms with van der Waals surface area (Å²) < 4.78 is 16.9. The molecule has 0 aliphatic rings. The second-order valence-electron chi connectivity index (χ2n) is 1.49. The quantitative estimate of drug-likeness (QED) is 0.458. The first kappa shape index (κ1) is 9.24. The summed E-state index contributed by atoms with van der Waals surface area (Å²) in [5, 5.41) is 0.120. The SMILES string of the molecule is C=CC(Cl)=C(OC)C(=C)F. The molecule has 0 bridgehead atoms. The lowest BCUT2D eigenvalue weighted by atomic mass is 10.4. The second-order valence-corrected chi connectivity index (χ2v) is 1.90. The first-order valence-corrected chi connectivity index (χ1v) is 2.92. The van der Waals surface area contributed by atoms with Crippen LogP contribution in [0.3, 0.4) is 0 Å². The Bertz CT molecular complexity index is 184. The number of ether oxygens (including phenoxy) is 1. The average molecular weight is 163 g/mol. The standard InChI is InChI=1S/C7H8ClFO/c1-4-6(8)7(10-3)5(2)9/h4H,1-2H2,3H3. The highest BCUT2D eigenvalue weighted by Gasteiger charge is 2.04. The van der Waals surface area contributed by atoms with E-state index in [9.17, 15) is 4.39 Å². The maximum atomic E-state index is 12.3. The third kappa shape index (κ3) is 2.23. The van der Waals surface area contributed by atoms with E-state index in [1.165, 1.54) is 13.2 Å². The fourth-order valence-electron chi connectivity index (χ4n) is 0.431. The maximum Gasteiger partial charge on any atom is 0.172 e. The first-order valence-electron chi connectivity index (χ1n) is 2.54. The van der Waals surface area contributed by atoms with Gasteiger partial charge in [-0.25, -0.2) is 4.39 Å². The van der Waals surface area contributed by atoms with Gasteiger partial charge < -0.3 is 4.74 Å². The molecule has 0 unspecified atom stereocenters. The molecule has 10 heavy (non-hydrogen) atoms. The molecule has 0 radical (unpaired) electrons. The van der Waals surface area contributed by atoms with Gasteiger partial charge in [0.05, 0.1) is 12.1 Å². The monoisotopic (exact) mass is 162 g/mol. The predicted molar refractivity (Wildman–Crippen MR) is 40.3 cm³/mol. The fourth-order valence-corrected chi connectivity index (χ4v) is 0.610. The van der Waals surface area contributed by atoms with Gasteiger partial charge in [-0.3, -0.25) is 0 Å². The molecule has 0 aliphatic carbocycles. The third-order valence-corrected chi connectivity index (χ3v) is 1.17. The Labute approximate surface area is 64.4 Å². The summed E-state index contributed by atoms with van der Waals surface area (Å²) in [5.74, 6) is -0.774. The van der Waals surface area contributed by atoms with Gasteiger partial charge in [0.2, 0.25) is 0 Å². The maximum absolute atomic E-state index is 12.3. The van der Waals surface area contributed by atoms with E-state index >= 15 is 0 Å². The molecule has 0 saturated heterocycles. The van der Waals surface area contributed by atoms with Gasteiger partial charge in [-0.1, -0.05) is 24.8 Å². The first-order chi connectivity index (χ1) is 4.63. The average Bonchev–Trinajstić information content (AvgIpc) is 1.88. The van der Waals surface area contributed by atoms with Crippen LogP contribution >= 0.6 is 11.6 Å². The summed E-state index contributed by atoms with van der Waals surface area (Å²) in [6.45, 7) is 6.35. The molecule has 0 saturated carbocycles. The predicted octanol–water partition coefficient (Wildman–Crippen LogP) is 2.75. The molecule has 0 spiro atoms. The summed E-state index contributed by atoms with van der Waals surface area (Å²) in [6, 6.07) is 0. The smallest absolute Gasteiger partial charge is 0.172 e. The highest BCUT2D eigenvalue weighted by atomic mass is 35.5. The molecule has 0 N–H and O–H groups in total. The molecular weight excluding hydrogens is 155 g/mol. The van der Waals surface area contributed by atoms with E-state index < -0.39 is 5.83 Å². The van der Waals surface area contributed by atoms with E-state index in [0.29, 0.717) is 0 Å². The van der Waals surface area contributed by atoms with Gasteiger partial charge in [0.1, 0.15) is 0 Å². The van der Waals surface area contributed by atoms with Crippen LogP contribution < -0.4 is 0 Å². The summed E-state index contributed by atoms with van der Waals surface area (Å²) in [6.07, 6.45) is 1.28. The van der Waals surface area contributed by atoms with Gasteiger partial charge in [0.15, 0.2) is 11.6 Å². The number of hydrogen-bond donors (Lipinski definition) is 0. The van der Waals surface area contributed by atoms with E-state index in [2.05, 4.69) is 17.9 Å². The van der Waals surface area contributed by atoms with Crippen LogP contribution in [0.1, 0.15) is 0 Å². The highest BCUT2D eigenvalue weighted by molar-refractivity contribution is 6.31. The number of rotatable bonds is 3. The Morgan fingerprint density at radius 2 is 2.20 bits per heavy atom. The molecule has 0 amide bonds. The van der Waals surface area contributed by atoms with Crippen molar-refractivity contribution in [3.63, 3.8) is 0 Å². The summed E-state index contributed by atoms with van der Waals surface area (Å²) >= 11 is 5.46. The number of methoxy groups -OCH3 is 1. The van der Waals surface area contributed by atoms with Crippen molar-refractivity contribution in [2.24, 2.45) is 0 Å². The Balaban J connectivity index is 4.62. The van der Waals surface area contributed by atoms with E-state index in [4.69, 9.17) is 11.6 Å². The van der Waals surface area contributed by atoms with Gasteiger partial charge in [-0.2, -0.15) is 0 Å². The zero-order chi connectivity index (χ0) is 8.15. The van der Waals surface area contributed by atoms with Gasteiger partial charge in [0.25, 0.3) is 0 Å². The van der Waals surface area contributed by atoms with E-state index in [0.717, 1.165) is 0 Å². The summed E-state index contributed by atoms with van der Waals surface area (Å²) in [4.78, 5) is 0. The zero-order valence-electron chi connectivity index (χ0n) is 5.66. The summed E-state index contributed by atoms with van der Waals surface area (Å²) in [7, 11) is 1.31. The second kappa shape index (κ2) is 4.12. The molecule has 0 aromatic carbocycles. The molecule has 56 valence electrons. The van der Waals surface area contributed by atoms with Crippen LogP contribution in [0.25, 0.3) is 0 Å². The lowest BCUT2D eigenvalue weighted by Gasteiger charge is -2.01. The van der Waals surface area contributed by atoms with E-state index in [-0.39, 0.29) is 10.8 Å². The van der Waals surface area contributed by atoms with Crippen LogP contribution in [0.4, 0.5) is 4.39 Å². The zero-order valence-corrected chi connectivity index (χ0v) is 6.41. The molecule has 1 nitrogen and oxygen atoms in total. The highest BCUT2D eigenvalue weighted by Crippen LogP contribution is 2.18. The molecule has 0 rings (SSSR count). The Kier molecular flexibility index (Phi) is 3.81. The minimum Gasteiger partial charge on any atom is -0.492 e. The number of halogens is 2. The van der Waals surface area contributed by atoms with Crippen LogP contribution in [0.5, 0.6) is 0 Å². The van der Waals surface area contributed by atoms with Crippen LogP contribution in [0.2, 0.25) is 0 Å². The third-order valence-electron chi connectivity index (χ3n) is 0.847. The Morgan fingerprint density at radius 1 is 1.70 bits per heavy atom. The molecule has 0 heterocycles. The lowest BCUT2D eigenvalue weighted by molar-refractivity contribution is 0.283. The summed E-state index contributed by atoms with van der Waals surface area (Å²) in [5.41, 5.74) is 0. The van der Waals surface area contributed by atoms with Crippen LogP contribution in [0, 0.1) is 0 Å². The Morgan fingerprint density at radius 3 is 2.30 bits per heavy atom. The van der Waals surface area contributed by atoms with Crippen molar-refractivity contribution in [3.8, 4) is 0 Å². The van der Waals surface area contributed by atoms with Crippen LogP contribution in [-0.4, -0.2) is 7.11 Å². The molecule has 0 aliphatic heterocycles. The van der Waals surface area contributed by atoms with E-state index in [1.54, 1.807) is 0 Å². The Hall–Kier alpha value is -0.760. The molecule has 0 aromatic heterocycles. The molecular formula is C7H8ClFO. The van der Waals surface area contributed by atoms with Crippen molar-refractivity contribution in [2.45, 2.75) is 0 Å². The molecule has 0 atom stereocenters. The van der Waals surface area contributed by atoms with Gasteiger partial charge in [0, 0.05) is 0 Å². The lowest BCUT2D eigenvalue weighted by Crippen LogP contribution is -1.87. The van der Waals surface area contributed by atoms with Crippen molar-refractivity contribution in [1.82, 2.24) is 0 Å². The minimum atomic E-state index is -0.701. The van der Waals surface area contributed by atoms with Crippen LogP contribution in [-0.2, 0) is 4.74 Å². The largest absolute Gasteiger partial charge is 0.492 e. The van der Waals surface area contributed by atoms with Crippen molar-refractivity contribution in [1.29, 1.82) is 0 Å². The van der Waals surface area contributed by atoms with Crippen molar-refractivity contribution in [3.05, 3.63) is 35.9 Å². The molecule has 0 fully saturated rings. The number of allylic oxidation sites excluding steroid dienone is 3. The fraction of sp³-hybridized carbons (Fsp3) is 0.143. The molecule has 3 heteroatoms. The van der Waals surface area contributed by atoms with Gasteiger partial charge in [-0.05, 0) is 6.08 Å². The van der Waals surface area contributed by atoms with Crippen molar-refractivity contribution < 1.29 is 9.13 Å².